The maximum atomic E-state index is 13.1. The average molecular weight is 1850 g/mol. The summed E-state index contributed by atoms with van der Waals surface area (Å²) in [6.45, 7) is 15.9. The Kier molecular flexibility index (Phi) is 26.5. The number of nitrogens with one attached hydrogen (secondary N) is 12. The summed E-state index contributed by atoms with van der Waals surface area (Å²) in [7, 11) is 0. The van der Waals surface area contributed by atoms with Crippen molar-refractivity contribution in [3.05, 3.63) is 144 Å². The van der Waals surface area contributed by atoms with Crippen LogP contribution in [0.1, 0.15) is 102 Å². The van der Waals surface area contributed by atoms with Crippen molar-refractivity contribution in [2.45, 2.75) is 168 Å². The van der Waals surface area contributed by atoms with Gasteiger partial charge in [0.05, 0.1) is 0 Å². The van der Waals surface area contributed by atoms with Crippen molar-refractivity contribution in [2.24, 2.45) is 0 Å². The fourth-order valence-electron chi connectivity index (χ4n) is 16.8. The summed E-state index contributed by atoms with van der Waals surface area (Å²) < 4.78 is -2.88. The molecule has 0 aromatic heterocycles. The van der Waals surface area contributed by atoms with Crippen LogP contribution < -0.4 is 63.8 Å². The maximum absolute atomic E-state index is 13.1. The number of amides is 24. The summed E-state index contributed by atoms with van der Waals surface area (Å²) >= 11 is 5.24. The number of rotatable bonds is 20. The summed E-state index contributed by atoms with van der Waals surface area (Å²) in [5, 5.41) is 67.1. The Morgan fingerprint density at radius 2 is 0.477 bits per heavy atom. The minimum absolute atomic E-state index is 0.175. The number of benzene rings is 4. The molecule has 48 heteroatoms. The predicted molar refractivity (Wildman–Crippen MR) is 454 cm³/mol. The van der Waals surface area contributed by atoms with Crippen molar-refractivity contribution in [3.63, 3.8) is 0 Å². The topological polar surface area (TPSA) is 593 Å². The second-order valence-corrected chi connectivity index (χ2v) is 40.1. The van der Waals surface area contributed by atoms with E-state index in [0.717, 1.165) is 19.6 Å². The molecule has 0 radical (unpaired) electrons. The molecule has 12 aliphatic heterocycles. The molecule has 4 aromatic carbocycles. The van der Waals surface area contributed by atoms with Gasteiger partial charge in [-0.05, 0) is 77.6 Å². The van der Waals surface area contributed by atoms with Gasteiger partial charge in [0.25, 0.3) is 0 Å². The van der Waals surface area contributed by atoms with Crippen LogP contribution in [0.5, 0.6) is 0 Å². The summed E-state index contributed by atoms with van der Waals surface area (Å²) in [5.74, 6) is -8.81. The molecule has 16 N–H and O–H groups in total. The molecule has 12 aliphatic rings. The summed E-state index contributed by atoms with van der Waals surface area (Å²) in [6.07, 6.45) is 0. The Hall–Kier alpha value is -13.1. The zero-order valence-corrected chi connectivity index (χ0v) is 72.9. The third kappa shape index (κ3) is 18.2. The lowest BCUT2D eigenvalue weighted by Crippen LogP contribution is -2.71. The van der Waals surface area contributed by atoms with Crippen molar-refractivity contribution >= 4 is 166 Å². The van der Waals surface area contributed by atoms with Crippen LogP contribution in [-0.4, -0.2) is 320 Å². The fourth-order valence-corrected chi connectivity index (χ4v) is 23.3. The number of carboxylic acids is 4. The molecule has 0 spiro atoms. The lowest BCUT2D eigenvalue weighted by atomic mass is 9.95. The van der Waals surface area contributed by atoms with Crippen molar-refractivity contribution in [2.75, 3.05) is 52.4 Å². The summed E-state index contributed by atoms with van der Waals surface area (Å²) in [5.41, 5.74) is 1.91. The molecular formula is C80H92N20O24S4. The number of imide groups is 4. The number of thioether (sulfide) groups is 4. The SMILES string of the molecule is CC1(C)S[C@@H]2[C@H](NC(=O)[C@H](NC(=O)N3CCNC3=O)c3ccccc3)C(=O)N2[C@H]1C(=O)O.CC1(C)S[C@@H]2[C@H](NC(=O)[C@H](NC(=O)N3CCNC3=O)c3ccccc3)C(=O)N2[C@H]1C(=O)O.CC1(C)S[C@@H]2[C@H](NC(=O)[C@H](NC(=O)N3CCNC3=O)c3ccccc3)C(=O)N2[C@H]1C(=O)O.CC1(C)S[C@@H]2[C@H](NC(=O)[C@H](NC(=O)N3CCNC3=O)c3ccccc3)C(=O)N2[C@H]1C(=O)O. The predicted octanol–water partition coefficient (Wildman–Crippen LogP) is 0.377. The highest BCUT2D eigenvalue weighted by Gasteiger charge is 2.68. The van der Waals surface area contributed by atoms with Crippen molar-refractivity contribution in [3.8, 4) is 0 Å². The largest absolute Gasteiger partial charge is 0.480 e. The molecule has 0 aliphatic carbocycles. The molecular weight excluding hydrogens is 1750 g/mol. The number of fused-ring (bicyclic) bond motifs is 4. The number of hydrogen-bond acceptors (Lipinski definition) is 24. The van der Waals surface area contributed by atoms with E-state index in [1.54, 1.807) is 177 Å². The third-order valence-electron chi connectivity index (χ3n) is 23.0. The molecule has 16 atom stereocenters. The Bertz CT molecular complexity index is 4570. The molecule has 128 heavy (non-hydrogen) atoms. The molecule has 12 heterocycles. The lowest BCUT2D eigenvalue weighted by Gasteiger charge is -2.44. The highest BCUT2D eigenvalue weighted by atomic mass is 32.2. The van der Waals surface area contributed by atoms with Crippen LogP contribution in [0, 0.1) is 0 Å². The molecule has 12 saturated heterocycles. The van der Waals surface area contributed by atoms with E-state index in [0.29, 0.717) is 48.4 Å². The van der Waals surface area contributed by atoms with E-state index in [1.807, 2.05) is 0 Å². The average Bonchev–Trinajstić information content (AvgIpc) is 1.57. The van der Waals surface area contributed by atoms with E-state index in [2.05, 4.69) is 63.8 Å². The van der Waals surface area contributed by atoms with Crippen LogP contribution in [0.2, 0.25) is 0 Å². The summed E-state index contributed by atoms with van der Waals surface area (Å²) in [4.78, 5) is 257. The number of nitrogens with zero attached hydrogens (tertiary/aromatic N) is 8. The van der Waals surface area contributed by atoms with E-state index in [-0.39, 0.29) is 26.2 Å². The summed E-state index contributed by atoms with van der Waals surface area (Å²) in [6, 6.07) is 16.5. The first-order valence-electron chi connectivity index (χ1n) is 40.2. The minimum atomic E-state index is -1.14. The van der Waals surface area contributed by atoms with Gasteiger partial charge in [-0.1, -0.05) is 121 Å². The monoisotopic (exact) mass is 1840 g/mol. The van der Waals surface area contributed by atoms with Gasteiger partial charge in [0.1, 0.15) is 94.0 Å². The molecule has 12 fully saturated rings. The van der Waals surface area contributed by atoms with Gasteiger partial charge in [0.15, 0.2) is 0 Å². The van der Waals surface area contributed by atoms with E-state index in [1.165, 1.54) is 66.6 Å². The zero-order valence-electron chi connectivity index (χ0n) is 69.6. The van der Waals surface area contributed by atoms with Gasteiger partial charge < -0.3 is 104 Å². The van der Waals surface area contributed by atoms with E-state index < -0.39 is 232 Å². The van der Waals surface area contributed by atoms with Crippen LogP contribution in [0.4, 0.5) is 38.4 Å². The van der Waals surface area contributed by atoms with Crippen LogP contribution in [0.15, 0.2) is 121 Å². The second kappa shape index (κ2) is 36.7. The molecule has 16 rings (SSSR count). The Morgan fingerprint density at radius 3 is 0.625 bits per heavy atom. The number of urea groups is 8. The Morgan fingerprint density at radius 1 is 0.305 bits per heavy atom. The highest BCUT2D eigenvalue weighted by molar-refractivity contribution is 8.02. The fraction of sp³-hybridized carbons (Fsp3) is 0.450. The standard InChI is InChI=1S/4C20H23N5O6S/c4*1-20(2)13(17(28)29)25-15(27)12(16(25)32-20)22-14(26)11(10-6-4-3-5-7-10)23-19(31)24-9-8-21-18(24)30/h4*3-7,11-13,16H,8-9H2,1-2H3,(H,21,30)(H,22,26)(H,23,31)(H,28,29)/t4*11-,12-,13+,16-/m1111/s1. The van der Waals surface area contributed by atoms with Crippen LogP contribution in [0.25, 0.3) is 0 Å². The smallest absolute Gasteiger partial charge is 0.327 e. The van der Waals surface area contributed by atoms with Gasteiger partial charge in [-0.15, -0.1) is 47.0 Å². The van der Waals surface area contributed by atoms with E-state index >= 15 is 0 Å². The second-order valence-electron chi connectivity index (χ2n) is 33.0. The van der Waals surface area contributed by atoms with Gasteiger partial charge >= 0.3 is 72.1 Å². The number of carboxylic acid groups (broad SMARTS) is 4. The van der Waals surface area contributed by atoms with Crippen LogP contribution >= 0.6 is 47.0 Å². The highest BCUT2D eigenvalue weighted by Crippen LogP contribution is 2.55. The molecule has 0 unspecified atom stereocenters. The van der Waals surface area contributed by atoms with E-state index in [9.17, 15) is 116 Å². The van der Waals surface area contributed by atoms with Gasteiger partial charge in [-0.2, -0.15) is 0 Å². The molecule has 0 bridgehead atoms. The van der Waals surface area contributed by atoms with Gasteiger partial charge in [0, 0.05) is 71.3 Å². The number of aliphatic carboxylic acids is 4. The van der Waals surface area contributed by atoms with Crippen LogP contribution in [-0.2, 0) is 57.5 Å². The molecule has 44 nitrogen and oxygen atoms in total. The van der Waals surface area contributed by atoms with E-state index in [4.69, 9.17) is 0 Å². The molecule has 4 aromatic rings. The first-order chi connectivity index (χ1) is 60.5. The minimum Gasteiger partial charge on any atom is -0.480 e. The van der Waals surface area contributed by atoms with Crippen LogP contribution in [0.3, 0.4) is 0 Å². The first kappa shape index (κ1) is 92.5. The number of hydrogen-bond donors (Lipinski definition) is 16. The van der Waals surface area contributed by atoms with Crippen molar-refractivity contribution < 1.29 is 116 Å². The number of β-lactam (4-membered cyclic amide) rings is 4. The number of carbonyl (C=O) groups is 20. The number of carbonyl (C=O) groups excluding carboxylic acids is 16. The first-order valence-corrected chi connectivity index (χ1v) is 43.7. The third-order valence-corrected chi connectivity index (χ3v) is 29.2. The quantitative estimate of drug-likeness (QED) is 0.0532. The lowest BCUT2D eigenvalue weighted by molar-refractivity contribution is -0.161. The van der Waals surface area contributed by atoms with Gasteiger partial charge in [-0.3, -0.25) is 38.4 Å². The van der Waals surface area contributed by atoms with Gasteiger partial charge in [0.2, 0.25) is 47.3 Å². The normalized spacial score (nSPS) is 26.6. The molecule has 0 saturated carbocycles. The van der Waals surface area contributed by atoms with Gasteiger partial charge in [-0.25, -0.2) is 77.1 Å². The molecule has 680 valence electrons. The van der Waals surface area contributed by atoms with Crippen molar-refractivity contribution in [1.82, 2.24) is 103 Å². The maximum Gasteiger partial charge on any atom is 0.327 e. The molecule has 24 amide bonds. The Labute approximate surface area is 746 Å². The Balaban J connectivity index is 0.000000146. The van der Waals surface area contributed by atoms with Crippen molar-refractivity contribution in [1.29, 1.82) is 0 Å². The zero-order chi connectivity index (χ0) is 92.8.